The molecule has 0 spiro atoms. The molecule has 3 heterocycles. The molecule has 3 atom stereocenters. The zero-order chi connectivity index (χ0) is 18.5. The van der Waals surface area contributed by atoms with Gasteiger partial charge in [0.1, 0.15) is 18.3 Å². The van der Waals surface area contributed by atoms with Crippen molar-refractivity contribution >= 4 is 16.6 Å². The lowest BCUT2D eigenvalue weighted by atomic mass is 10.1. The number of rotatable bonds is 6. The monoisotopic (exact) mass is 359 g/mol. The number of fused-ring (bicyclic) bond motifs is 1. The third-order valence-corrected chi connectivity index (χ3v) is 4.33. The number of aliphatic hydroxyl groups is 1. The summed E-state index contributed by atoms with van der Waals surface area (Å²) in [7, 11) is 0. The van der Waals surface area contributed by atoms with Crippen molar-refractivity contribution in [3.63, 3.8) is 0 Å². The molecule has 3 rings (SSSR count). The fourth-order valence-electron chi connectivity index (χ4n) is 3.21. The summed E-state index contributed by atoms with van der Waals surface area (Å²) in [5, 5.41) is 22.5. The summed E-state index contributed by atoms with van der Waals surface area (Å²) in [6, 6.07) is 5.86. The number of nitrogens with one attached hydrogen (secondary N) is 1. The van der Waals surface area contributed by atoms with Gasteiger partial charge >= 0.3 is 0 Å². The third-order valence-electron chi connectivity index (χ3n) is 4.33. The molecule has 1 aliphatic rings. The first-order valence-electron chi connectivity index (χ1n) is 8.61. The Morgan fingerprint density at radius 2 is 2.35 bits per heavy atom. The number of aromatic nitrogens is 2. The van der Waals surface area contributed by atoms with Crippen LogP contribution in [-0.2, 0) is 4.74 Å². The maximum atomic E-state index is 12.3. The molecule has 3 unspecified atom stereocenters. The third kappa shape index (κ3) is 4.07. The molecule has 7 nitrogen and oxygen atoms in total. The zero-order valence-electron chi connectivity index (χ0n) is 14.6. The Hall–Kier alpha value is -2.34. The number of ether oxygens (including phenoxy) is 1. The summed E-state index contributed by atoms with van der Waals surface area (Å²) in [4.78, 5) is 10.7. The second-order valence-electron chi connectivity index (χ2n) is 6.44. The van der Waals surface area contributed by atoms with Crippen LogP contribution in [-0.4, -0.2) is 66.2 Å². The normalized spacial score (nSPS) is 21.5. The summed E-state index contributed by atoms with van der Waals surface area (Å²) in [5.74, 6) is 0. The first kappa shape index (κ1) is 18.5. The summed E-state index contributed by atoms with van der Waals surface area (Å²) in [6.07, 6.45) is 2.26. The summed E-state index contributed by atoms with van der Waals surface area (Å²) >= 11 is 0. The Kier molecular flexibility index (Phi) is 5.93. The molecule has 2 aromatic rings. The van der Waals surface area contributed by atoms with Crippen LogP contribution >= 0.6 is 0 Å². The number of halogens is 1. The van der Waals surface area contributed by atoms with Gasteiger partial charge in [-0.2, -0.15) is 5.26 Å². The number of nitriles is 1. The smallest absolute Gasteiger partial charge is 0.166 e. The fourth-order valence-corrected chi connectivity index (χ4v) is 3.21. The van der Waals surface area contributed by atoms with E-state index in [-0.39, 0.29) is 18.8 Å². The van der Waals surface area contributed by atoms with E-state index < -0.39 is 12.8 Å². The number of aliphatic hydroxyl groups excluding tert-OH is 1. The van der Waals surface area contributed by atoms with Crippen LogP contribution < -0.4 is 10.2 Å². The number of hydrogen-bond acceptors (Lipinski definition) is 7. The van der Waals surface area contributed by atoms with Gasteiger partial charge in [0.15, 0.2) is 5.69 Å². The van der Waals surface area contributed by atoms with Gasteiger partial charge in [0.2, 0.25) is 0 Å². The maximum absolute atomic E-state index is 12.3. The molecular weight excluding hydrogens is 337 g/mol. The van der Waals surface area contributed by atoms with Gasteiger partial charge in [-0.25, -0.2) is 9.37 Å². The van der Waals surface area contributed by atoms with Crippen LogP contribution in [0.4, 0.5) is 10.1 Å². The highest BCUT2D eigenvalue weighted by Crippen LogP contribution is 2.28. The van der Waals surface area contributed by atoms with Gasteiger partial charge in [0.25, 0.3) is 0 Å². The molecule has 2 N–H and O–H groups in total. The van der Waals surface area contributed by atoms with Gasteiger partial charge in [-0.3, -0.25) is 4.98 Å². The van der Waals surface area contributed by atoms with E-state index in [0.29, 0.717) is 30.8 Å². The number of pyridine rings is 2. The van der Waals surface area contributed by atoms with Crippen LogP contribution in [0.3, 0.4) is 0 Å². The highest BCUT2D eigenvalue weighted by molar-refractivity contribution is 5.93. The second-order valence-corrected chi connectivity index (χ2v) is 6.44. The van der Waals surface area contributed by atoms with E-state index in [9.17, 15) is 14.8 Å². The van der Waals surface area contributed by atoms with E-state index in [1.165, 1.54) is 0 Å². The Labute approximate surface area is 151 Å². The first-order valence-corrected chi connectivity index (χ1v) is 8.61. The van der Waals surface area contributed by atoms with Crippen LogP contribution in [0.1, 0.15) is 12.6 Å². The minimum absolute atomic E-state index is 0.00372. The molecule has 0 radical (unpaired) electrons. The van der Waals surface area contributed by atoms with Gasteiger partial charge in [0, 0.05) is 37.8 Å². The SMILES string of the molecule is CC1CN(c2cnc(C#N)c3ncccc23)CC(CNCC(O)CF)O1. The largest absolute Gasteiger partial charge is 0.389 e. The average Bonchev–Trinajstić information content (AvgIpc) is 2.66. The van der Waals surface area contributed by atoms with Gasteiger partial charge in [0.05, 0.1) is 30.2 Å². The Bertz CT molecular complexity index is 797. The van der Waals surface area contributed by atoms with Crippen molar-refractivity contribution in [2.75, 3.05) is 37.8 Å². The van der Waals surface area contributed by atoms with Gasteiger partial charge in [-0.05, 0) is 19.1 Å². The number of hydrogen-bond donors (Lipinski definition) is 2. The summed E-state index contributed by atoms with van der Waals surface area (Å²) in [5.41, 5.74) is 1.81. The molecule has 0 amide bonds. The summed E-state index contributed by atoms with van der Waals surface area (Å²) < 4.78 is 18.3. The molecule has 0 saturated carbocycles. The minimum atomic E-state index is -0.995. The van der Waals surface area contributed by atoms with Gasteiger partial charge in [-0.1, -0.05) is 0 Å². The predicted octanol–water partition coefficient (Wildman–Crippen LogP) is 1.02. The zero-order valence-corrected chi connectivity index (χ0v) is 14.6. The van der Waals surface area contributed by atoms with Crippen molar-refractivity contribution in [2.45, 2.75) is 25.2 Å². The van der Waals surface area contributed by atoms with Crippen molar-refractivity contribution in [1.29, 1.82) is 5.26 Å². The summed E-state index contributed by atoms with van der Waals surface area (Å²) in [6.45, 7) is 3.25. The first-order chi connectivity index (χ1) is 12.6. The molecular formula is C18H22FN5O2. The quantitative estimate of drug-likeness (QED) is 0.795. The minimum Gasteiger partial charge on any atom is -0.389 e. The molecule has 1 saturated heterocycles. The van der Waals surface area contributed by atoms with Crippen LogP contribution in [0.15, 0.2) is 24.5 Å². The maximum Gasteiger partial charge on any atom is 0.166 e. The number of alkyl halides is 1. The van der Waals surface area contributed by atoms with Crippen LogP contribution in [0, 0.1) is 11.3 Å². The molecule has 1 fully saturated rings. The van der Waals surface area contributed by atoms with Crippen LogP contribution in [0.5, 0.6) is 0 Å². The van der Waals surface area contributed by atoms with E-state index in [2.05, 4.69) is 26.3 Å². The van der Waals surface area contributed by atoms with Crippen molar-refractivity contribution < 1.29 is 14.2 Å². The highest BCUT2D eigenvalue weighted by atomic mass is 19.1. The molecule has 0 bridgehead atoms. The lowest BCUT2D eigenvalue weighted by Gasteiger charge is -2.38. The van der Waals surface area contributed by atoms with E-state index in [4.69, 9.17) is 4.74 Å². The molecule has 138 valence electrons. The van der Waals surface area contributed by atoms with E-state index >= 15 is 0 Å². The van der Waals surface area contributed by atoms with Gasteiger partial charge in [-0.15, -0.1) is 0 Å². The topological polar surface area (TPSA) is 94.3 Å². The average molecular weight is 359 g/mol. The Morgan fingerprint density at radius 1 is 1.50 bits per heavy atom. The van der Waals surface area contributed by atoms with Crippen molar-refractivity contribution in [3.05, 3.63) is 30.2 Å². The standard InChI is InChI=1S/C18H22FN5O2/c1-12-10-24(11-14(26-12)8-21-7-13(25)5-19)17-9-23-16(6-20)18-15(17)3-2-4-22-18/h2-4,9,12-14,21,25H,5,7-8,10-11H2,1H3. The molecule has 1 aliphatic heterocycles. The Balaban J connectivity index is 1.78. The van der Waals surface area contributed by atoms with Crippen LogP contribution in [0.2, 0.25) is 0 Å². The molecule has 0 aliphatic carbocycles. The molecule has 8 heteroatoms. The van der Waals surface area contributed by atoms with E-state index in [0.717, 1.165) is 11.1 Å². The molecule has 26 heavy (non-hydrogen) atoms. The predicted molar refractivity (Wildman–Crippen MR) is 95.7 cm³/mol. The van der Waals surface area contributed by atoms with Crippen molar-refractivity contribution in [2.24, 2.45) is 0 Å². The van der Waals surface area contributed by atoms with Crippen molar-refractivity contribution in [1.82, 2.24) is 15.3 Å². The number of morpholine rings is 1. The fraction of sp³-hybridized carbons (Fsp3) is 0.500. The van der Waals surface area contributed by atoms with E-state index in [1.807, 2.05) is 19.1 Å². The lowest BCUT2D eigenvalue weighted by Crippen LogP contribution is -2.50. The lowest BCUT2D eigenvalue weighted by molar-refractivity contribution is -0.0159. The molecule has 2 aromatic heterocycles. The van der Waals surface area contributed by atoms with E-state index in [1.54, 1.807) is 12.4 Å². The number of nitrogens with zero attached hydrogens (tertiary/aromatic N) is 4. The number of anilines is 1. The molecule has 0 aromatic carbocycles. The van der Waals surface area contributed by atoms with Gasteiger partial charge < -0.3 is 20.1 Å². The highest BCUT2D eigenvalue weighted by Gasteiger charge is 2.27. The van der Waals surface area contributed by atoms with Crippen LogP contribution in [0.25, 0.3) is 10.9 Å². The Morgan fingerprint density at radius 3 is 3.12 bits per heavy atom. The van der Waals surface area contributed by atoms with Crippen molar-refractivity contribution in [3.8, 4) is 6.07 Å². The second kappa shape index (κ2) is 8.36.